The maximum Gasteiger partial charge on any atom is 1.00 e. The Hall–Kier alpha value is 0.587. The van der Waals surface area contributed by atoms with Crippen molar-refractivity contribution in [1.29, 1.82) is 0 Å². The van der Waals surface area contributed by atoms with Gasteiger partial charge in [-0.15, -0.1) is 0 Å². The van der Waals surface area contributed by atoms with Crippen molar-refractivity contribution < 1.29 is 18.9 Å². The summed E-state index contributed by atoms with van der Waals surface area (Å²) < 4.78 is 0.932. The molecule has 0 atom stereocenters. The van der Waals surface area contributed by atoms with Gasteiger partial charge in [0.15, 0.2) is 0 Å². The molecule has 0 aliphatic carbocycles. The van der Waals surface area contributed by atoms with Crippen molar-refractivity contribution in [2.24, 2.45) is 0 Å². The van der Waals surface area contributed by atoms with Crippen LogP contribution in [0.1, 0.15) is 0 Å². The van der Waals surface area contributed by atoms with Crippen molar-refractivity contribution in [3.63, 3.8) is 0 Å². The Morgan fingerprint density at radius 3 is 2.44 bits per heavy atom. The Kier molecular flexibility index (Phi) is 4.70. The van der Waals surface area contributed by atoms with Crippen molar-refractivity contribution >= 4 is 27.5 Å². The van der Waals surface area contributed by atoms with Gasteiger partial charge in [0.25, 0.3) is 0 Å². The van der Waals surface area contributed by atoms with Crippen LogP contribution in [0.3, 0.4) is 0 Å². The molecule has 1 aromatic rings. The predicted molar refractivity (Wildman–Crippen MR) is 38.0 cm³/mol. The summed E-state index contributed by atoms with van der Waals surface area (Å²) in [5.74, 6) is 0. The van der Waals surface area contributed by atoms with E-state index in [4.69, 9.17) is 11.6 Å². The number of hydrogen-bond donors (Lipinski definition) is 0. The minimum atomic E-state index is 0. The van der Waals surface area contributed by atoms with Crippen LogP contribution in [0.4, 0.5) is 0 Å². The zero-order chi connectivity index (χ0) is 5.98. The van der Waals surface area contributed by atoms with E-state index in [9.17, 15) is 0 Å². The second-order valence-corrected chi connectivity index (χ2v) is 2.65. The fraction of sp³-hybridized carbons (Fsp3) is 0. The van der Waals surface area contributed by atoms with Gasteiger partial charge < -0.3 is 0 Å². The summed E-state index contributed by atoms with van der Waals surface area (Å²) in [6, 6.07) is 8.26. The van der Waals surface area contributed by atoms with E-state index in [2.05, 4.69) is 22.0 Å². The Labute approximate surface area is 79.9 Å². The molecule has 0 bridgehead atoms. The van der Waals surface area contributed by atoms with E-state index in [1.807, 2.05) is 12.1 Å². The summed E-state index contributed by atoms with van der Waals surface area (Å²) in [7, 11) is 0. The second kappa shape index (κ2) is 4.41. The molecule has 0 aromatic heterocycles. The van der Waals surface area contributed by atoms with Gasteiger partial charge in [-0.1, -0.05) is 25.4 Å². The summed E-state index contributed by atoms with van der Waals surface area (Å²) in [5.41, 5.74) is 0. The fourth-order valence-corrected chi connectivity index (χ4v) is 0.751. The van der Waals surface area contributed by atoms with Gasteiger partial charge in [-0.2, -0.15) is 35.9 Å². The molecule has 0 saturated carbocycles. The molecule has 3 heteroatoms. The van der Waals surface area contributed by atoms with Crippen LogP contribution in [0, 0.1) is 6.07 Å². The van der Waals surface area contributed by atoms with E-state index < -0.39 is 0 Å². The summed E-state index contributed by atoms with van der Waals surface area (Å²) in [6.07, 6.45) is 0. The van der Waals surface area contributed by atoms with Crippen molar-refractivity contribution in [1.82, 2.24) is 0 Å². The molecule has 0 aliphatic heterocycles. The summed E-state index contributed by atoms with van der Waals surface area (Å²) in [6.45, 7) is 0. The van der Waals surface area contributed by atoms with Crippen LogP contribution in [0.5, 0.6) is 0 Å². The zero-order valence-corrected chi connectivity index (χ0v) is 7.33. The number of benzene rings is 1. The third-order valence-corrected chi connectivity index (χ3v) is 1.47. The number of halogens is 2. The Bertz CT molecular complexity index is 152. The van der Waals surface area contributed by atoms with Crippen LogP contribution in [-0.4, -0.2) is 0 Å². The Morgan fingerprint density at radius 1 is 1.44 bits per heavy atom. The largest absolute Gasteiger partial charge is 1.00 e. The Morgan fingerprint density at radius 2 is 2.11 bits per heavy atom. The second-order valence-electron chi connectivity index (χ2n) is 1.35. The molecule has 9 heavy (non-hydrogen) atoms. The third-order valence-electron chi connectivity index (χ3n) is 0.737. The minimum Gasteiger partial charge on any atom is -0.167 e. The zero-order valence-electron chi connectivity index (χ0n) is 4.99. The van der Waals surface area contributed by atoms with Gasteiger partial charge in [0.05, 0.1) is 0 Å². The topological polar surface area (TPSA) is 0 Å². The summed E-state index contributed by atoms with van der Waals surface area (Å²) in [4.78, 5) is 0. The molecule has 0 amide bonds. The third kappa shape index (κ3) is 3.32. The average Bonchev–Trinajstić information content (AvgIpc) is 1.77. The molecule has 0 unspecified atom stereocenters. The molecule has 1 rings (SSSR count). The molecular weight excluding hydrogens is 194 g/mol. The van der Waals surface area contributed by atoms with Crippen molar-refractivity contribution in [3.05, 3.63) is 33.8 Å². The first-order valence-corrected chi connectivity index (χ1v) is 3.29. The smallest absolute Gasteiger partial charge is 0.167 e. The van der Waals surface area contributed by atoms with Gasteiger partial charge in [0.1, 0.15) is 0 Å². The monoisotopic (exact) mass is 196 g/mol. The standard InChI is InChI=1S/C6H3BrCl.Li/c7-5-1-3-6(8)4-2-5;/h1,3-4H;/q-1;+1. The van der Waals surface area contributed by atoms with Crippen LogP contribution in [0.25, 0.3) is 0 Å². The minimum absolute atomic E-state index is 0. The molecule has 0 nitrogen and oxygen atoms in total. The van der Waals surface area contributed by atoms with Crippen LogP contribution in [0.2, 0.25) is 5.02 Å². The summed E-state index contributed by atoms with van der Waals surface area (Å²) >= 11 is 8.79. The van der Waals surface area contributed by atoms with Crippen molar-refractivity contribution in [2.75, 3.05) is 0 Å². The maximum atomic E-state index is 5.56. The van der Waals surface area contributed by atoms with E-state index in [-0.39, 0.29) is 18.9 Å². The van der Waals surface area contributed by atoms with Gasteiger partial charge in [0.2, 0.25) is 0 Å². The van der Waals surface area contributed by atoms with Crippen LogP contribution in [-0.2, 0) is 0 Å². The van der Waals surface area contributed by atoms with E-state index in [0.29, 0.717) is 5.02 Å². The number of hydrogen-bond acceptors (Lipinski definition) is 0. The first-order valence-electron chi connectivity index (χ1n) is 2.12. The van der Waals surface area contributed by atoms with Gasteiger partial charge in [0, 0.05) is 0 Å². The normalized spacial score (nSPS) is 8.22. The Balaban J connectivity index is 0.000000640. The van der Waals surface area contributed by atoms with Crippen molar-refractivity contribution in [2.45, 2.75) is 0 Å². The van der Waals surface area contributed by atoms with Gasteiger partial charge in [-0.05, 0) is 0 Å². The van der Waals surface area contributed by atoms with Crippen molar-refractivity contribution in [3.8, 4) is 0 Å². The average molecular weight is 197 g/mol. The summed E-state index contributed by atoms with van der Waals surface area (Å²) in [5, 5.41) is 0.716. The maximum absolute atomic E-state index is 5.56. The van der Waals surface area contributed by atoms with E-state index in [0.717, 1.165) is 4.47 Å². The van der Waals surface area contributed by atoms with Crippen LogP contribution in [0.15, 0.2) is 22.7 Å². The fourth-order valence-electron chi connectivity index (χ4n) is 0.387. The van der Waals surface area contributed by atoms with Gasteiger partial charge >= 0.3 is 18.9 Å². The molecule has 0 heterocycles. The quantitative estimate of drug-likeness (QED) is 0.403. The van der Waals surface area contributed by atoms with Crippen LogP contribution < -0.4 is 18.9 Å². The first kappa shape index (κ1) is 9.59. The molecule has 0 aliphatic rings. The molecular formula is C6H3BrClLi. The van der Waals surface area contributed by atoms with E-state index in [1.165, 1.54) is 0 Å². The molecule has 1 aromatic carbocycles. The molecule has 0 N–H and O–H groups in total. The first-order chi connectivity index (χ1) is 3.79. The molecule has 0 spiro atoms. The molecule has 0 fully saturated rings. The van der Waals surface area contributed by atoms with Gasteiger partial charge in [-0.3, -0.25) is 0 Å². The SMILES string of the molecule is Clc1c[c-]c(Br)cc1.[Li+]. The molecule has 0 saturated heterocycles. The molecule has 42 valence electrons. The van der Waals surface area contributed by atoms with Gasteiger partial charge in [-0.25, -0.2) is 0 Å². The van der Waals surface area contributed by atoms with E-state index in [1.54, 1.807) is 6.07 Å². The predicted octanol–water partition coefficient (Wildman–Crippen LogP) is -0.0933. The van der Waals surface area contributed by atoms with E-state index >= 15 is 0 Å². The van der Waals surface area contributed by atoms with Crippen LogP contribution >= 0.6 is 27.5 Å². The number of rotatable bonds is 0. The molecule has 0 radical (unpaired) electrons.